The van der Waals surface area contributed by atoms with Crippen LogP contribution in [0.3, 0.4) is 0 Å². The van der Waals surface area contributed by atoms with Crippen molar-refractivity contribution < 1.29 is 43.9 Å². The van der Waals surface area contributed by atoms with Gasteiger partial charge < -0.3 is 5.32 Å². The maximum atomic E-state index is 14.3. The van der Waals surface area contributed by atoms with Crippen molar-refractivity contribution in [1.29, 1.82) is 0 Å². The van der Waals surface area contributed by atoms with Crippen molar-refractivity contribution in [3.05, 3.63) is 77.6 Å². The third kappa shape index (κ3) is 5.62. The molecule has 0 saturated carbocycles. The highest BCUT2D eigenvalue weighted by Gasteiger charge is 2.44. The lowest BCUT2D eigenvalue weighted by Gasteiger charge is -2.23. The summed E-state index contributed by atoms with van der Waals surface area (Å²) in [5.74, 6) is -4.31. The van der Waals surface area contributed by atoms with E-state index in [2.05, 4.69) is 15.3 Å². The molecule has 0 aliphatic carbocycles. The quantitative estimate of drug-likeness (QED) is 0.459. The Morgan fingerprint density at radius 3 is 2.34 bits per heavy atom. The Hall–Kier alpha value is -3.59. The van der Waals surface area contributed by atoms with E-state index in [4.69, 9.17) is 0 Å². The Kier molecular flexibility index (Phi) is 7.43. The summed E-state index contributed by atoms with van der Waals surface area (Å²) in [7, 11) is -4.35. The summed E-state index contributed by atoms with van der Waals surface area (Å²) in [6.07, 6.45) is -5.83. The second kappa shape index (κ2) is 10.3. The number of benzene rings is 1. The number of nitrogens with one attached hydrogen (secondary N) is 1. The second-order valence-corrected chi connectivity index (χ2v) is 10.2. The highest BCUT2D eigenvalue weighted by atomic mass is 32.2. The first-order chi connectivity index (χ1) is 17.8. The van der Waals surface area contributed by atoms with Crippen LogP contribution in [-0.2, 0) is 27.5 Å². The monoisotopic (exact) mass is 562 g/mol. The highest BCUT2D eigenvalue weighted by molar-refractivity contribution is 7.89. The van der Waals surface area contributed by atoms with Gasteiger partial charge in [0.1, 0.15) is 23.8 Å². The molecule has 202 valence electrons. The fourth-order valence-electron chi connectivity index (χ4n) is 3.89. The first kappa shape index (κ1) is 27.4. The Morgan fingerprint density at radius 1 is 1.03 bits per heavy atom. The molecule has 4 rings (SSSR count). The summed E-state index contributed by atoms with van der Waals surface area (Å²) in [5, 5.41) is 2.37. The number of pyridine rings is 2. The number of sulfonamides is 1. The zero-order valence-electron chi connectivity index (χ0n) is 19.0. The summed E-state index contributed by atoms with van der Waals surface area (Å²) in [6, 6.07) is 3.81. The third-order valence-corrected chi connectivity index (χ3v) is 7.59. The lowest BCUT2D eigenvalue weighted by molar-refractivity contribution is -0.143. The lowest BCUT2D eigenvalue weighted by Crippen LogP contribution is -2.45. The van der Waals surface area contributed by atoms with E-state index in [1.165, 1.54) is 0 Å². The van der Waals surface area contributed by atoms with E-state index in [-0.39, 0.29) is 21.7 Å². The highest BCUT2D eigenvalue weighted by Crippen LogP contribution is 2.32. The van der Waals surface area contributed by atoms with Gasteiger partial charge in [-0.25, -0.2) is 31.0 Å². The van der Waals surface area contributed by atoms with Gasteiger partial charge in [-0.15, -0.1) is 0 Å². The molecule has 0 unspecified atom stereocenters. The van der Waals surface area contributed by atoms with Crippen LogP contribution in [0.25, 0.3) is 11.1 Å². The third-order valence-electron chi connectivity index (χ3n) is 5.70. The van der Waals surface area contributed by atoms with Crippen LogP contribution in [0.4, 0.5) is 30.7 Å². The largest absolute Gasteiger partial charge is 0.436 e. The number of halogens is 7. The molecule has 3 aromatic rings. The van der Waals surface area contributed by atoms with Crippen molar-refractivity contribution in [2.75, 3.05) is 6.54 Å². The number of alkyl halides is 4. The maximum Gasteiger partial charge on any atom is 0.436 e. The summed E-state index contributed by atoms with van der Waals surface area (Å²) in [4.78, 5) is 19.2. The number of hydrogen-bond acceptors (Lipinski definition) is 5. The molecule has 1 fully saturated rings. The van der Waals surface area contributed by atoms with E-state index in [9.17, 15) is 43.9 Å². The minimum atomic E-state index is -5.05. The minimum absolute atomic E-state index is 0.0159. The molecule has 7 nitrogen and oxygen atoms in total. The van der Waals surface area contributed by atoms with Gasteiger partial charge in [0.15, 0.2) is 11.5 Å². The van der Waals surface area contributed by atoms with Crippen molar-refractivity contribution in [3.8, 4) is 11.1 Å². The van der Waals surface area contributed by atoms with Crippen LogP contribution >= 0.6 is 0 Å². The number of carbonyl (C=O) groups is 1. The molecule has 1 saturated heterocycles. The lowest BCUT2D eigenvalue weighted by atomic mass is 10.1. The standard InChI is InChI=1S/C23H17F7N4O3S/c24-13-1-3-16(4-2-13)38(36,37)34-11-14(25)6-20(34)22(35)33-9-15-7-17(19(27)10-31-15)12-5-18(26)21(32-8-12)23(28,29)30/h1-5,7-8,10,14,20H,6,9,11H2,(H,33,35)/t14-,20-/m1/s1. The summed E-state index contributed by atoms with van der Waals surface area (Å²) >= 11 is 0. The van der Waals surface area contributed by atoms with Gasteiger partial charge in [-0.05, 0) is 36.4 Å². The first-order valence-electron chi connectivity index (χ1n) is 10.8. The van der Waals surface area contributed by atoms with E-state index in [1.54, 1.807) is 0 Å². The minimum Gasteiger partial charge on any atom is -0.349 e. The van der Waals surface area contributed by atoms with Gasteiger partial charge in [0.2, 0.25) is 15.9 Å². The Bertz CT molecular complexity index is 1470. The van der Waals surface area contributed by atoms with E-state index < -0.39 is 77.0 Å². The summed E-state index contributed by atoms with van der Waals surface area (Å²) in [5.41, 5.74) is -2.46. The van der Waals surface area contributed by atoms with Crippen molar-refractivity contribution in [3.63, 3.8) is 0 Å². The molecule has 2 aromatic heterocycles. The van der Waals surface area contributed by atoms with Gasteiger partial charge >= 0.3 is 6.18 Å². The second-order valence-electron chi connectivity index (χ2n) is 8.30. The molecule has 3 heterocycles. The van der Waals surface area contributed by atoms with Gasteiger partial charge in [0.05, 0.1) is 23.3 Å². The van der Waals surface area contributed by atoms with Crippen LogP contribution in [0.5, 0.6) is 0 Å². The Labute approximate surface area is 211 Å². The van der Waals surface area contributed by atoms with Crippen LogP contribution in [0.15, 0.2) is 53.7 Å². The van der Waals surface area contributed by atoms with Crippen molar-refractivity contribution >= 4 is 15.9 Å². The van der Waals surface area contributed by atoms with E-state index >= 15 is 0 Å². The summed E-state index contributed by atoms with van der Waals surface area (Å²) in [6.45, 7) is -1.01. The molecule has 1 amide bonds. The van der Waals surface area contributed by atoms with Crippen LogP contribution < -0.4 is 5.32 Å². The fraction of sp³-hybridized carbons (Fsp3) is 0.261. The molecule has 1 N–H and O–H groups in total. The number of hydrogen-bond donors (Lipinski definition) is 1. The van der Waals surface area contributed by atoms with Crippen LogP contribution in [0, 0.1) is 17.5 Å². The summed E-state index contributed by atoms with van der Waals surface area (Å²) < 4.78 is 120. The zero-order chi connectivity index (χ0) is 27.8. The average Bonchev–Trinajstić information content (AvgIpc) is 3.25. The predicted octanol–water partition coefficient (Wildman–Crippen LogP) is 4.00. The Balaban J connectivity index is 1.52. The number of aromatic nitrogens is 2. The van der Waals surface area contributed by atoms with Gasteiger partial charge in [0, 0.05) is 30.3 Å². The van der Waals surface area contributed by atoms with E-state index in [0.717, 1.165) is 30.3 Å². The topological polar surface area (TPSA) is 92.3 Å². The van der Waals surface area contributed by atoms with Crippen molar-refractivity contribution in [2.24, 2.45) is 0 Å². The molecule has 0 bridgehead atoms. The normalized spacial score (nSPS) is 18.5. The molecule has 0 spiro atoms. The maximum absolute atomic E-state index is 14.3. The molecule has 38 heavy (non-hydrogen) atoms. The average molecular weight is 562 g/mol. The van der Waals surface area contributed by atoms with Crippen molar-refractivity contribution in [1.82, 2.24) is 19.6 Å². The van der Waals surface area contributed by atoms with Crippen LogP contribution in [0.1, 0.15) is 17.8 Å². The van der Waals surface area contributed by atoms with Gasteiger partial charge in [-0.1, -0.05) is 0 Å². The van der Waals surface area contributed by atoms with Gasteiger partial charge in [0.25, 0.3) is 0 Å². The van der Waals surface area contributed by atoms with E-state index in [1.807, 2.05) is 0 Å². The number of nitrogens with zero attached hydrogens (tertiary/aromatic N) is 3. The van der Waals surface area contributed by atoms with Crippen LogP contribution in [0.2, 0.25) is 0 Å². The SMILES string of the molecule is O=C(NCc1cc(-c2cnc(C(F)(F)F)c(F)c2)c(F)cn1)[C@H]1C[C@@H](F)CN1S(=O)(=O)c1ccc(F)cc1. The molecule has 0 radical (unpaired) electrons. The zero-order valence-corrected chi connectivity index (χ0v) is 19.8. The molecular weight excluding hydrogens is 545 g/mol. The molecule has 1 aliphatic heterocycles. The van der Waals surface area contributed by atoms with Gasteiger partial charge in [-0.2, -0.15) is 17.5 Å². The number of carbonyl (C=O) groups excluding carboxylic acids is 1. The van der Waals surface area contributed by atoms with Crippen molar-refractivity contribution in [2.45, 2.75) is 36.3 Å². The number of amides is 1. The fourth-order valence-corrected chi connectivity index (χ4v) is 5.52. The molecule has 1 aromatic carbocycles. The van der Waals surface area contributed by atoms with Crippen LogP contribution in [-0.4, -0.2) is 47.4 Å². The Morgan fingerprint density at radius 2 is 1.71 bits per heavy atom. The first-order valence-corrected chi connectivity index (χ1v) is 12.3. The smallest absolute Gasteiger partial charge is 0.349 e. The van der Waals surface area contributed by atoms with E-state index in [0.29, 0.717) is 22.8 Å². The van der Waals surface area contributed by atoms with Gasteiger partial charge in [-0.3, -0.25) is 9.78 Å². The predicted molar refractivity (Wildman–Crippen MR) is 118 cm³/mol. The molecule has 15 heteroatoms. The molecular formula is C23H17F7N4O3S. The number of rotatable bonds is 6. The molecule has 2 atom stereocenters. The molecule has 1 aliphatic rings.